The summed E-state index contributed by atoms with van der Waals surface area (Å²) in [6.45, 7) is 0.550. The van der Waals surface area contributed by atoms with E-state index < -0.39 is 5.97 Å². The molecule has 1 aliphatic rings. The molecule has 0 amide bonds. The van der Waals surface area contributed by atoms with Crippen LogP contribution in [0.5, 0.6) is 0 Å². The number of halogens is 1. The highest BCUT2D eigenvalue weighted by molar-refractivity contribution is 8.38. The number of nitrogens with zero attached hydrogens (tertiary/aromatic N) is 1. The van der Waals surface area contributed by atoms with Gasteiger partial charge in [-0.3, -0.25) is 9.79 Å². The lowest BCUT2D eigenvalue weighted by atomic mass is 10.1. The molecule has 0 N–H and O–H groups in total. The predicted molar refractivity (Wildman–Crippen MR) is 109 cm³/mol. The van der Waals surface area contributed by atoms with Crippen molar-refractivity contribution in [3.05, 3.63) is 70.2 Å². The van der Waals surface area contributed by atoms with Crippen LogP contribution >= 0.6 is 35.1 Å². The molecule has 7 heteroatoms. The number of hydrogen-bond acceptors (Lipinski definition) is 6. The minimum absolute atomic E-state index is 0.265. The van der Waals surface area contributed by atoms with Crippen molar-refractivity contribution < 1.29 is 14.3 Å². The zero-order chi connectivity index (χ0) is 18.4. The molecule has 0 fully saturated rings. The molecule has 0 bridgehead atoms. The molecule has 0 radical (unpaired) electrons. The molecule has 0 saturated carbocycles. The van der Waals surface area contributed by atoms with Crippen LogP contribution < -0.4 is 0 Å². The van der Waals surface area contributed by atoms with Crippen molar-refractivity contribution in [3.8, 4) is 0 Å². The summed E-state index contributed by atoms with van der Waals surface area (Å²) in [5.41, 5.74) is 1.81. The highest BCUT2D eigenvalue weighted by atomic mass is 35.5. The quantitative estimate of drug-likeness (QED) is 0.514. The molecule has 0 unspecified atom stereocenters. The van der Waals surface area contributed by atoms with Crippen molar-refractivity contribution in [2.24, 2.45) is 4.99 Å². The number of thioether (sulfide) groups is 2. The van der Waals surface area contributed by atoms with Gasteiger partial charge in [-0.1, -0.05) is 53.3 Å². The van der Waals surface area contributed by atoms with E-state index in [-0.39, 0.29) is 12.4 Å². The smallest absolute Gasteiger partial charge is 0.338 e. The number of hydrogen-bond donors (Lipinski definition) is 0. The molecule has 2 aromatic rings. The molecular formula is C19H16ClNO3S2. The van der Waals surface area contributed by atoms with Crippen molar-refractivity contribution in [1.29, 1.82) is 0 Å². The first-order chi connectivity index (χ1) is 12.6. The fourth-order valence-corrected chi connectivity index (χ4v) is 4.45. The Bertz CT molecular complexity index is 837. The number of ether oxygens (including phenoxy) is 1. The molecular weight excluding hydrogens is 390 g/mol. The minimum Gasteiger partial charge on any atom is -0.454 e. The molecule has 1 aliphatic heterocycles. The molecule has 0 atom stereocenters. The molecule has 1 heterocycles. The van der Waals surface area contributed by atoms with Crippen LogP contribution in [0.2, 0.25) is 5.02 Å². The Morgan fingerprint density at radius 1 is 1.15 bits per heavy atom. The number of carbonyl (C=O) groups excluding carboxylic acids is 2. The topological polar surface area (TPSA) is 55.7 Å². The summed E-state index contributed by atoms with van der Waals surface area (Å²) in [4.78, 5) is 28.9. The van der Waals surface area contributed by atoms with Gasteiger partial charge in [0.15, 0.2) is 12.4 Å². The van der Waals surface area contributed by atoms with Crippen LogP contribution in [0, 0.1) is 0 Å². The Labute approximate surface area is 165 Å². The van der Waals surface area contributed by atoms with Crippen molar-refractivity contribution >= 4 is 51.3 Å². The maximum absolute atomic E-state index is 12.4. The second-order valence-electron chi connectivity index (χ2n) is 5.45. The second-order valence-corrected chi connectivity index (χ2v) is 8.19. The van der Waals surface area contributed by atoms with Crippen LogP contribution in [-0.2, 0) is 10.5 Å². The van der Waals surface area contributed by atoms with E-state index in [1.54, 1.807) is 59.9 Å². The van der Waals surface area contributed by atoms with E-state index in [0.717, 1.165) is 22.2 Å². The predicted octanol–water partition coefficient (Wildman–Crippen LogP) is 4.72. The number of ketones is 1. The largest absolute Gasteiger partial charge is 0.454 e. The van der Waals surface area contributed by atoms with E-state index in [9.17, 15) is 9.59 Å². The van der Waals surface area contributed by atoms with E-state index in [1.165, 1.54) is 0 Å². The van der Waals surface area contributed by atoms with Crippen molar-refractivity contribution in [2.45, 2.75) is 5.75 Å². The van der Waals surface area contributed by atoms with Gasteiger partial charge in [-0.25, -0.2) is 4.79 Å². The van der Waals surface area contributed by atoms with Crippen LogP contribution in [0.3, 0.4) is 0 Å². The van der Waals surface area contributed by atoms with Gasteiger partial charge in [-0.05, 0) is 35.9 Å². The van der Waals surface area contributed by atoms with Gasteiger partial charge >= 0.3 is 5.97 Å². The van der Waals surface area contributed by atoms with E-state index in [1.807, 2.05) is 12.1 Å². The number of Topliss-reactive ketones (excluding diaryl/α,β-unsaturated/α-hetero) is 1. The third-order valence-electron chi connectivity index (χ3n) is 3.65. The maximum Gasteiger partial charge on any atom is 0.338 e. The van der Waals surface area contributed by atoms with Gasteiger partial charge in [0.2, 0.25) is 0 Å². The third-order valence-corrected chi connectivity index (χ3v) is 6.20. The van der Waals surface area contributed by atoms with Gasteiger partial charge in [0, 0.05) is 22.1 Å². The average molecular weight is 406 g/mol. The fraction of sp³-hybridized carbons (Fsp3) is 0.211. The van der Waals surface area contributed by atoms with E-state index >= 15 is 0 Å². The average Bonchev–Trinajstić information content (AvgIpc) is 3.18. The lowest BCUT2D eigenvalue weighted by Crippen LogP contribution is -2.15. The SMILES string of the molecule is O=C(COC(=O)c1ccccc1CSC1=NCCS1)c1ccc(Cl)cc1. The van der Waals surface area contributed by atoms with Crippen molar-refractivity contribution in [1.82, 2.24) is 0 Å². The van der Waals surface area contributed by atoms with Gasteiger partial charge < -0.3 is 4.74 Å². The first kappa shape index (κ1) is 19.0. The van der Waals surface area contributed by atoms with Gasteiger partial charge in [0.05, 0.1) is 12.1 Å². The zero-order valence-corrected chi connectivity index (χ0v) is 16.2. The third kappa shape index (κ3) is 5.13. The Balaban J connectivity index is 1.60. The van der Waals surface area contributed by atoms with Crippen LogP contribution in [0.25, 0.3) is 0 Å². The van der Waals surface area contributed by atoms with Crippen LogP contribution in [0.15, 0.2) is 53.5 Å². The van der Waals surface area contributed by atoms with E-state index in [2.05, 4.69) is 4.99 Å². The Morgan fingerprint density at radius 3 is 2.65 bits per heavy atom. The van der Waals surface area contributed by atoms with Crippen molar-refractivity contribution in [3.63, 3.8) is 0 Å². The summed E-state index contributed by atoms with van der Waals surface area (Å²) in [6, 6.07) is 13.8. The number of benzene rings is 2. The summed E-state index contributed by atoms with van der Waals surface area (Å²) in [7, 11) is 0. The standard InChI is InChI=1S/C19H16ClNO3S2/c20-15-7-5-13(6-8-15)17(22)11-24-18(23)16-4-2-1-3-14(16)12-26-19-21-9-10-25-19/h1-8H,9-12H2. The van der Waals surface area contributed by atoms with Gasteiger partial charge in [0.25, 0.3) is 0 Å². The first-order valence-corrected chi connectivity index (χ1v) is 10.3. The van der Waals surface area contributed by atoms with Crippen LogP contribution in [0.1, 0.15) is 26.3 Å². The molecule has 2 aromatic carbocycles. The normalized spacial score (nSPS) is 13.3. The number of esters is 1. The van der Waals surface area contributed by atoms with Gasteiger partial charge in [-0.15, -0.1) is 0 Å². The second kappa shape index (κ2) is 9.26. The number of rotatable bonds is 6. The van der Waals surface area contributed by atoms with Gasteiger partial charge in [0.1, 0.15) is 4.38 Å². The van der Waals surface area contributed by atoms with Crippen LogP contribution in [0.4, 0.5) is 0 Å². The molecule has 134 valence electrons. The Kier molecular flexibility index (Phi) is 6.77. The monoisotopic (exact) mass is 405 g/mol. The summed E-state index contributed by atoms with van der Waals surface area (Å²) in [5, 5.41) is 0.551. The van der Waals surface area contributed by atoms with E-state index in [4.69, 9.17) is 16.3 Å². The lowest BCUT2D eigenvalue weighted by Gasteiger charge is -2.09. The summed E-state index contributed by atoms with van der Waals surface area (Å²) >= 11 is 9.16. The molecule has 26 heavy (non-hydrogen) atoms. The highest BCUT2D eigenvalue weighted by Crippen LogP contribution is 2.26. The summed E-state index contributed by atoms with van der Waals surface area (Å²) < 4.78 is 6.27. The molecule has 0 aromatic heterocycles. The minimum atomic E-state index is -0.496. The molecule has 0 saturated heterocycles. The lowest BCUT2D eigenvalue weighted by molar-refractivity contribution is 0.0474. The fourth-order valence-electron chi connectivity index (χ4n) is 2.32. The molecule has 0 aliphatic carbocycles. The molecule has 3 rings (SSSR count). The molecule has 0 spiro atoms. The molecule has 4 nitrogen and oxygen atoms in total. The van der Waals surface area contributed by atoms with Crippen LogP contribution in [-0.4, -0.2) is 35.0 Å². The summed E-state index contributed by atoms with van der Waals surface area (Å²) in [6.07, 6.45) is 0. The van der Waals surface area contributed by atoms with Crippen molar-refractivity contribution in [2.75, 3.05) is 18.9 Å². The zero-order valence-electron chi connectivity index (χ0n) is 13.8. The summed E-state index contributed by atoms with van der Waals surface area (Å²) in [5.74, 6) is 0.893. The highest BCUT2D eigenvalue weighted by Gasteiger charge is 2.16. The first-order valence-electron chi connectivity index (χ1n) is 7.97. The Hall–Kier alpha value is -1.76. The number of aliphatic imine (C=N–C) groups is 1. The maximum atomic E-state index is 12.4. The van der Waals surface area contributed by atoms with E-state index in [0.29, 0.717) is 21.9 Å². The Morgan fingerprint density at radius 2 is 1.92 bits per heavy atom. The number of carbonyl (C=O) groups is 2. The van der Waals surface area contributed by atoms with Gasteiger partial charge in [-0.2, -0.15) is 0 Å².